The zero-order chi connectivity index (χ0) is 17.6. The number of carbonyl (C=O) groups is 1. The minimum absolute atomic E-state index is 0.162. The van der Waals surface area contributed by atoms with Gasteiger partial charge in [0.1, 0.15) is 5.82 Å². The van der Waals surface area contributed by atoms with Crippen LogP contribution in [0.4, 0.5) is 10.1 Å². The molecule has 0 radical (unpaired) electrons. The first-order chi connectivity index (χ1) is 12.2. The number of aliphatic imine (C=N–C) groups is 1. The lowest BCUT2D eigenvalue weighted by Gasteiger charge is -2.37. The van der Waals surface area contributed by atoms with Gasteiger partial charge in [0, 0.05) is 52.2 Å². The summed E-state index contributed by atoms with van der Waals surface area (Å²) in [6.45, 7) is 4.31. The first kappa shape index (κ1) is 17.5. The standard InChI is InChI=1S/C18H26FN5O/c1-20-18(22-9-8-21-17(25)14-6-7-14)24-12-10-23(11-13-24)16-5-3-2-4-15(16)19/h2-5,14H,6-13H2,1H3,(H,20,22)(H,21,25). The maximum atomic E-state index is 13.9. The Balaban J connectivity index is 1.42. The van der Waals surface area contributed by atoms with Gasteiger partial charge in [-0.15, -0.1) is 0 Å². The van der Waals surface area contributed by atoms with E-state index in [1.165, 1.54) is 6.07 Å². The van der Waals surface area contributed by atoms with Crippen molar-refractivity contribution in [2.45, 2.75) is 12.8 Å². The van der Waals surface area contributed by atoms with Crippen molar-refractivity contribution in [3.63, 3.8) is 0 Å². The van der Waals surface area contributed by atoms with E-state index in [4.69, 9.17) is 0 Å². The Hall–Kier alpha value is -2.31. The Morgan fingerprint density at radius 2 is 1.84 bits per heavy atom. The van der Waals surface area contributed by atoms with Gasteiger partial charge >= 0.3 is 0 Å². The molecule has 0 bridgehead atoms. The molecule has 0 spiro atoms. The molecule has 0 unspecified atom stereocenters. The molecule has 1 heterocycles. The molecular formula is C18H26FN5O. The fourth-order valence-electron chi connectivity index (χ4n) is 3.05. The summed E-state index contributed by atoms with van der Waals surface area (Å²) >= 11 is 0. The molecule has 6 nitrogen and oxygen atoms in total. The fraction of sp³-hybridized carbons (Fsp3) is 0.556. The molecular weight excluding hydrogens is 321 g/mol. The average Bonchev–Trinajstić information content (AvgIpc) is 3.48. The van der Waals surface area contributed by atoms with Gasteiger partial charge in [0.15, 0.2) is 5.96 Å². The van der Waals surface area contributed by atoms with Crippen molar-refractivity contribution in [2.24, 2.45) is 10.9 Å². The number of nitrogens with zero attached hydrogens (tertiary/aromatic N) is 3. The number of para-hydroxylation sites is 1. The molecule has 1 aliphatic heterocycles. The zero-order valence-corrected chi connectivity index (χ0v) is 14.7. The number of halogens is 1. The molecule has 0 aromatic heterocycles. The van der Waals surface area contributed by atoms with Crippen LogP contribution in [0.5, 0.6) is 0 Å². The summed E-state index contributed by atoms with van der Waals surface area (Å²) in [5.74, 6) is 1.06. The molecule has 2 N–H and O–H groups in total. The smallest absolute Gasteiger partial charge is 0.223 e. The lowest BCUT2D eigenvalue weighted by atomic mass is 10.2. The highest BCUT2D eigenvalue weighted by Gasteiger charge is 2.29. The lowest BCUT2D eigenvalue weighted by molar-refractivity contribution is -0.122. The third kappa shape index (κ3) is 4.61. The van der Waals surface area contributed by atoms with Crippen molar-refractivity contribution in [3.8, 4) is 0 Å². The average molecular weight is 347 g/mol. The lowest BCUT2D eigenvalue weighted by Crippen LogP contribution is -2.53. The highest BCUT2D eigenvalue weighted by atomic mass is 19.1. The Bertz CT molecular complexity index is 624. The SMILES string of the molecule is CN=C(NCCNC(=O)C1CC1)N1CCN(c2ccccc2F)CC1. The van der Waals surface area contributed by atoms with E-state index in [2.05, 4.69) is 25.4 Å². The van der Waals surface area contributed by atoms with Gasteiger partial charge in [0.05, 0.1) is 5.69 Å². The number of piperazine rings is 1. The molecule has 1 aromatic carbocycles. The summed E-state index contributed by atoms with van der Waals surface area (Å²) in [6, 6.07) is 6.89. The number of nitrogens with one attached hydrogen (secondary N) is 2. The van der Waals surface area contributed by atoms with E-state index in [1.54, 1.807) is 13.1 Å². The van der Waals surface area contributed by atoms with E-state index in [9.17, 15) is 9.18 Å². The predicted molar refractivity (Wildman–Crippen MR) is 97.3 cm³/mol. The Morgan fingerprint density at radius 1 is 1.16 bits per heavy atom. The molecule has 1 amide bonds. The number of carbonyl (C=O) groups excluding carboxylic acids is 1. The first-order valence-corrected chi connectivity index (χ1v) is 8.92. The normalized spacial score (nSPS) is 18.2. The van der Waals surface area contributed by atoms with Gasteiger partial charge in [0.25, 0.3) is 0 Å². The molecule has 1 saturated carbocycles. The summed E-state index contributed by atoms with van der Waals surface area (Å²) in [7, 11) is 1.76. The summed E-state index contributed by atoms with van der Waals surface area (Å²) in [4.78, 5) is 20.2. The molecule has 136 valence electrons. The van der Waals surface area contributed by atoms with Gasteiger partial charge in [-0.25, -0.2) is 4.39 Å². The second kappa shape index (κ2) is 8.18. The number of guanidine groups is 1. The van der Waals surface area contributed by atoms with Crippen molar-refractivity contribution in [2.75, 3.05) is 51.2 Å². The number of benzene rings is 1. The van der Waals surface area contributed by atoms with Gasteiger partial charge in [-0.05, 0) is 25.0 Å². The Kier molecular flexibility index (Phi) is 5.73. The molecule has 2 fully saturated rings. The van der Waals surface area contributed by atoms with Crippen LogP contribution < -0.4 is 15.5 Å². The van der Waals surface area contributed by atoms with E-state index in [0.717, 1.165) is 45.0 Å². The molecule has 1 aromatic rings. The summed E-state index contributed by atoms with van der Waals surface area (Å²) in [5.41, 5.74) is 0.660. The van der Waals surface area contributed by atoms with Gasteiger partial charge in [-0.1, -0.05) is 12.1 Å². The molecule has 1 aliphatic carbocycles. The molecule has 25 heavy (non-hydrogen) atoms. The van der Waals surface area contributed by atoms with Crippen molar-refractivity contribution in [3.05, 3.63) is 30.1 Å². The van der Waals surface area contributed by atoms with Crippen LogP contribution in [-0.2, 0) is 4.79 Å². The van der Waals surface area contributed by atoms with Gasteiger partial charge < -0.3 is 20.4 Å². The second-order valence-electron chi connectivity index (χ2n) is 6.46. The van der Waals surface area contributed by atoms with Crippen LogP contribution in [0, 0.1) is 11.7 Å². The molecule has 3 rings (SSSR count). The maximum Gasteiger partial charge on any atom is 0.223 e. The third-order valence-corrected chi connectivity index (χ3v) is 4.64. The number of amides is 1. The Labute approximate surface area is 148 Å². The molecule has 0 atom stereocenters. The van der Waals surface area contributed by atoms with Crippen LogP contribution in [0.1, 0.15) is 12.8 Å². The van der Waals surface area contributed by atoms with Gasteiger partial charge in [0.2, 0.25) is 5.91 Å². The number of rotatable bonds is 5. The largest absolute Gasteiger partial charge is 0.366 e. The number of anilines is 1. The molecule has 1 saturated heterocycles. The monoisotopic (exact) mass is 347 g/mol. The minimum Gasteiger partial charge on any atom is -0.366 e. The van der Waals surface area contributed by atoms with Crippen LogP contribution in [0.15, 0.2) is 29.3 Å². The van der Waals surface area contributed by atoms with Crippen molar-refractivity contribution in [1.82, 2.24) is 15.5 Å². The zero-order valence-electron chi connectivity index (χ0n) is 14.7. The fourth-order valence-corrected chi connectivity index (χ4v) is 3.05. The highest BCUT2D eigenvalue weighted by molar-refractivity contribution is 5.81. The minimum atomic E-state index is -0.176. The number of hydrogen-bond donors (Lipinski definition) is 2. The second-order valence-corrected chi connectivity index (χ2v) is 6.46. The number of hydrogen-bond acceptors (Lipinski definition) is 3. The highest BCUT2D eigenvalue weighted by Crippen LogP contribution is 2.28. The van der Waals surface area contributed by atoms with E-state index < -0.39 is 0 Å². The molecule has 7 heteroatoms. The van der Waals surface area contributed by atoms with Crippen molar-refractivity contribution < 1.29 is 9.18 Å². The van der Waals surface area contributed by atoms with Crippen LogP contribution in [0.25, 0.3) is 0 Å². The summed E-state index contributed by atoms with van der Waals surface area (Å²) in [5, 5.41) is 6.23. The van der Waals surface area contributed by atoms with Crippen LogP contribution >= 0.6 is 0 Å². The van der Waals surface area contributed by atoms with Crippen LogP contribution in [0.3, 0.4) is 0 Å². The van der Waals surface area contributed by atoms with E-state index in [-0.39, 0.29) is 17.6 Å². The summed E-state index contributed by atoms with van der Waals surface area (Å²) < 4.78 is 13.9. The van der Waals surface area contributed by atoms with Crippen LogP contribution in [-0.4, -0.2) is 63.1 Å². The first-order valence-electron chi connectivity index (χ1n) is 8.92. The third-order valence-electron chi connectivity index (χ3n) is 4.64. The van der Waals surface area contributed by atoms with E-state index in [1.807, 2.05) is 12.1 Å². The van der Waals surface area contributed by atoms with E-state index >= 15 is 0 Å². The van der Waals surface area contributed by atoms with Crippen LogP contribution in [0.2, 0.25) is 0 Å². The van der Waals surface area contributed by atoms with Gasteiger partial charge in [-0.2, -0.15) is 0 Å². The maximum absolute atomic E-state index is 13.9. The van der Waals surface area contributed by atoms with Crippen molar-refractivity contribution in [1.29, 1.82) is 0 Å². The Morgan fingerprint density at radius 3 is 2.48 bits per heavy atom. The topological polar surface area (TPSA) is 60.0 Å². The van der Waals surface area contributed by atoms with Crippen molar-refractivity contribution >= 4 is 17.6 Å². The predicted octanol–water partition coefficient (Wildman–Crippen LogP) is 1.05. The quantitative estimate of drug-likeness (QED) is 0.475. The van der Waals surface area contributed by atoms with E-state index in [0.29, 0.717) is 18.8 Å². The van der Waals surface area contributed by atoms with Gasteiger partial charge in [-0.3, -0.25) is 9.79 Å². The summed E-state index contributed by atoms with van der Waals surface area (Å²) in [6.07, 6.45) is 2.04. The molecule has 2 aliphatic rings.